The molecule has 0 atom stereocenters. The lowest BCUT2D eigenvalue weighted by atomic mass is 10.1. The van der Waals surface area contributed by atoms with Crippen molar-refractivity contribution < 1.29 is 9.18 Å². The van der Waals surface area contributed by atoms with Crippen LogP contribution >= 0.6 is 0 Å². The molecule has 4 heteroatoms. The summed E-state index contributed by atoms with van der Waals surface area (Å²) in [6.45, 7) is 5.38. The molecule has 1 aromatic carbocycles. The van der Waals surface area contributed by atoms with Gasteiger partial charge in [0.25, 0.3) is 5.91 Å². The van der Waals surface area contributed by atoms with Crippen molar-refractivity contribution in [3.63, 3.8) is 0 Å². The number of carbonyl (C=O) groups excluding carboxylic acids is 1. The maximum atomic E-state index is 13.8. The molecule has 0 bridgehead atoms. The van der Waals surface area contributed by atoms with Crippen LogP contribution in [0.25, 0.3) is 0 Å². The second kappa shape index (κ2) is 5.18. The summed E-state index contributed by atoms with van der Waals surface area (Å²) in [5.41, 5.74) is 2.27. The van der Waals surface area contributed by atoms with Crippen LogP contribution in [0.15, 0.2) is 30.3 Å². The minimum atomic E-state index is -0.496. The number of hydrogen-bond donors (Lipinski definition) is 1. The molecule has 0 aliphatic heterocycles. The maximum absolute atomic E-state index is 13.8. The minimum Gasteiger partial charge on any atom is -0.306 e. The molecule has 0 radical (unpaired) electrons. The Kier molecular flexibility index (Phi) is 3.60. The Morgan fingerprint density at radius 3 is 2.63 bits per heavy atom. The molecule has 0 unspecified atom stereocenters. The van der Waals surface area contributed by atoms with E-state index in [1.54, 1.807) is 25.1 Å². The van der Waals surface area contributed by atoms with Crippen LogP contribution < -0.4 is 5.32 Å². The normalized spacial score (nSPS) is 10.3. The summed E-state index contributed by atoms with van der Waals surface area (Å²) in [4.78, 5) is 16.2. The van der Waals surface area contributed by atoms with Crippen LogP contribution in [0.1, 0.15) is 27.2 Å². The van der Waals surface area contributed by atoms with Crippen molar-refractivity contribution >= 4 is 11.7 Å². The van der Waals surface area contributed by atoms with Gasteiger partial charge in [0.2, 0.25) is 0 Å². The van der Waals surface area contributed by atoms with Gasteiger partial charge in [0.1, 0.15) is 11.6 Å². The summed E-state index contributed by atoms with van der Waals surface area (Å²) >= 11 is 0. The third kappa shape index (κ3) is 2.96. The first-order valence-corrected chi connectivity index (χ1v) is 5.99. The van der Waals surface area contributed by atoms with E-state index in [1.807, 2.05) is 19.9 Å². The summed E-state index contributed by atoms with van der Waals surface area (Å²) in [5, 5.41) is 2.62. The lowest BCUT2D eigenvalue weighted by molar-refractivity contribution is 0.102. The molecule has 98 valence electrons. The Bertz CT molecular complexity index is 618. The minimum absolute atomic E-state index is 0.0287. The highest BCUT2D eigenvalue weighted by Crippen LogP contribution is 2.15. The summed E-state index contributed by atoms with van der Waals surface area (Å²) in [6, 6.07) is 8.39. The van der Waals surface area contributed by atoms with Gasteiger partial charge < -0.3 is 5.32 Å². The molecule has 0 aliphatic carbocycles. The van der Waals surface area contributed by atoms with E-state index in [4.69, 9.17) is 0 Å². The number of anilines is 1. The van der Waals surface area contributed by atoms with Gasteiger partial charge in [0, 0.05) is 5.69 Å². The van der Waals surface area contributed by atoms with Gasteiger partial charge >= 0.3 is 0 Å². The highest BCUT2D eigenvalue weighted by atomic mass is 19.1. The monoisotopic (exact) mass is 258 g/mol. The van der Waals surface area contributed by atoms with Crippen LogP contribution in [-0.2, 0) is 0 Å². The van der Waals surface area contributed by atoms with Crippen LogP contribution in [-0.4, -0.2) is 10.9 Å². The molecule has 0 fully saturated rings. The Balaban J connectivity index is 2.28. The van der Waals surface area contributed by atoms with Crippen LogP contribution in [0.3, 0.4) is 0 Å². The first-order valence-electron chi connectivity index (χ1n) is 5.99. The first-order chi connectivity index (χ1) is 8.97. The van der Waals surface area contributed by atoms with Crippen molar-refractivity contribution in [2.24, 2.45) is 0 Å². The molecule has 0 spiro atoms. The highest BCUT2D eigenvalue weighted by Gasteiger charge is 2.13. The fourth-order valence-corrected chi connectivity index (χ4v) is 1.91. The zero-order valence-electron chi connectivity index (χ0n) is 11.1. The molecule has 0 saturated heterocycles. The number of aromatic nitrogens is 1. The molecule has 1 heterocycles. The van der Waals surface area contributed by atoms with Crippen LogP contribution in [0, 0.1) is 26.6 Å². The Labute approximate surface area is 111 Å². The van der Waals surface area contributed by atoms with Crippen molar-refractivity contribution in [1.29, 1.82) is 0 Å². The standard InChI is InChI=1S/C15H15FN2O/c1-9-7-11(3)17-13(8-9)18-15(19)12-6-4-5-10(2)14(12)16/h4-8H,1-3H3,(H,17,18,19). The molecular formula is C15H15FN2O. The molecule has 0 saturated carbocycles. The van der Waals surface area contributed by atoms with Gasteiger partial charge in [-0.1, -0.05) is 12.1 Å². The van der Waals surface area contributed by atoms with Crippen molar-refractivity contribution in [2.75, 3.05) is 5.32 Å². The SMILES string of the molecule is Cc1cc(C)nc(NC(=O)c2cccc(C)c2F)c1. The van der Waals surface area contributed by atoms with E-state index in [-0.39, 0.29) is 5.56 Å². The Morgan fingerprint density at radius 2 is 1.95 bits per heavy atom. The van der Waals surface area contributed by atoms with Crippen molar-refractivity contribution in [3.05, 3.63) is 58.5 Å². The quantitative estimate of drug-likeness (QED) is 0.897. The van der Waals surface area contributed by atoms with Crippen LogP contribution in [0.5, 0.6) is 0 Å². The number of carbonyl (C=O) groups is 1. The number of benzene rings is 1. The molecule has 1 amide bonds. The van der Waals surface area contributed by atoms with Crippen LogP contribution in [0.2, 0.25) is 0 Å². The van der Waals surface area contributed by atoms with Crippen molar-refractivity contribution in [3.8, 4) is 0 Å². The average molecular weight is 258 g/mol. The molecule has 0 aliphatic rings. The van der Waals surface area contributed by atoms with Gasteiger partial charge in [-0.05, 0) is 50.1 Å². The van der Waals surface area contributed by atoms with E-state index >= 15 is 0 Å². The Morgan fingerprint density at radius 1 is 1.21 bits per heavy atom. The number of rotatable bonds is 2. The molecule has 2 rings (SSSR count). The zero-order valence-corrected chi connectivity index (χ0v) is 11.1. The summed E-state index contributed by atoms with van der Waals surface area (Å²) < 4.78 is 13.8. The van der Waals surface area contributed by atoms with E-state index in [0.29, 0.717) is 11.4 Å². The molecular weight excluding hydrogens is 243 g/mol. The topological polar surface area (TPSA) is 42.0 Å². The van der Waals surface area contributed by atoms with Crippen molar-refractivity contribution in [2.45, 2.75) is 20.8 Å². The third-order valence-electron chi connectivity index (χ3n) is 2.78. The first kappa shape index (κ1) is 13.2. The van der Waals surface area contributed by atoms with Gasteiger partial charge in [-0.25, -0.2) is 9.37 Å². The molecule has 1 N–H and O–H groups in total. The van der Waals surface area contributed by atoms with Crippen molar-refractivity contribution in [1.82, 2.24) is 4.98 Å². The smallest absolute Gasteiger partial charge is 0.259 e. The number of pyridine rings is 1. The number of nitrogens with zero attached hydrogens (tertiary/aromatic N) is 1. The van der Waals surface area contributed by atoms with Gasteiger partial charge in [-0.15, -0.1) is 0 Å². The van der Waals surface area contributed by atoms with E-state index in [9.17, 15) is 9.18 Å². The number of nitrogens with one attached hydrogen (secondary N) is 1. The number of aryl methyl sites for hydroxylation is 3. The van der Waals surface area contributed by atoms with Gasteiger partial charge in [-0.3, -0.25) is 4.79 Å². The number of amides is 1. The lowest BCUT2D eigenvalue weighted by Gasteiger charge is -2.08. The summed E-state index contributed by atoms with van der Waals surface area (Å²) in [5.74, 6) is -0.550. The zero-order chi connectivity index (χ0) is 14.0. The van der Waals surface area contributed by atoms with Gasteiger partial charge in [0.05, 0.1) is 5.56 Å². The van der Waals surface area contributed by atoms with E-state index in [0.717, 1.165) is 11.3 Å². The number of hydrogen-bond acceptors (Lipinski definition) is 2. The predicted molar refractivity (Wildman–Crippen MR) is 72.8 cm³/mol. The van der Waals surface area contributed by atoms with E-state index in [2.05, 4.69) is 10.3 Å². The van der Waals surface area contributed by atoms with Gasteiger partial charge in [-0.2, -0.15) is 0 Å². The molecule has 3 nitrogen and oxygen atoms in total. The predicted octanol–water partition coefficient (Wildman–Crippen LogP) is 3.40. The fourth-order valence-electron chi connectivity index (χ4n) is 1.91. The van der Waals surface area contributed by atoms with E-state index < -0.39 is 11.7 Å². The summed E-state index contributed by atoms with van der Waals surface area (Å²) in [7, 11) is 0. The summed E-state index contributed by atoms with van der Waals surface area (Å²) in [6.07, 6.45) is 0. The lowest BCUT2D eigenvalue weighted by Crippen LogP contribution is -2.15. The third-order valence-corrected chi connectivity index (χ3v) is 2.78. The molecule has 19 heavy (non-hydrogen) atoms. The van der Waals surface area contributed by atoms with Crippen LogP contribution in [0.4, 0.5) is 10.2 Å². The second-order valence-electron chi connectivity index (χ2n) is 4.56. The van der Waals surface area contributed by atoms with Gasteiger partial charge in [0.15, 0.2) is 0 Å². The highest BCUT2D eigenvalue weighted by molar-refractivity contribution is 6.04. The largest absolute Gasteiger partial charge is 0.306 e. The average Bonchev–Trinajstić information content (AvgIpc) is 2.31. The number of halogens is 1. The fraction of sp³-hybridized carbons (Fsp3) is 0.200. The Hall–Kier alpha value is -2.23. The molecule has 2 aromatic rings. The van der Waals surface area contributed by atoms with E-state index in [1.165, 1.54) is 6.07 Å². The molecule has 1 aromatic heterocycles. The second-order valence-corrected chi connectivity index (χ2v) is 4.56. The maximum Gasteiger partial charge on any atom is 0.259 e.